The summed E-state index contributed by atoms with van der Waals surface area (Å²) in [6.07, 6.45) is 1.09. The van der Waals surface area contributed by atoms with Gasteiger partial charge in [0.25, 0.3) is 0 Å². The lowest BCUT2D eigenvalue weighted by Crippen LogP contribution is -2.44. The van der Waals surface area contributed by atoms with Crippen LogP contribution in [-0.4, -0.2) is 61.3 Å². The van der Waals surface area contributed by atoms with E-state index in [4.69, 9.17) is 14.2 Å². The average Bonchev–Trinajstić information content (AvgIpc) is 3.22. The zero-order chi connectivity index (χ0) is 22.6. The van der Waals surface area contributed by atoms with Gasteiger partial charge >= 0.3 is 12.1 Å². The minimum Gasteiger partial charge on any atom is -0.465 e. The molecule has 1 saturated heterocycles. The number of benzene rings is 1. The van der Waals surface area contributed by atoms with Crippen molar-refractivity contribution in [2.24, 2.45) is 5.92 Å². The Morgan fingerprint density at radius 3 is 2.58 bits per heavy atom. The third kappa shape index (κ3) is 8.57. The van der Waals surface area contributed by atoms with Crippen LogP contribution in [0.1, 0.15) is 45.6 Å². The van der Waals surface area contributed by atoms with Crippen LogP contribution < -0.4 is 5.32 Å². The molecule has 2 atom stereocenters. The molecule has 8 nitrogen and oxygen atoms in total. The molecule has 0 bridgehead atoms. The van der Waals surface area contributed by atoms with Crippen molar-refractivity contribution < 1.29 is 28.6 Å². The molecule has 1 aromatic carbocycles. The van der Waals surface area contributed by atoms with E-state index < -0.39 is 12.1 Å². The third-order valence-electron chi connectivity index (χ3n) is 5.00. The average molecular weight is 435 g/mol. The van der Waals surface area contributed by atoms with Crippen molar-refractivity contribution in [2.45, 2.75) is 58.8 Å². The van der Waals surface area contributed by atoms with Gasteiger partial charge < -0.3 is 24.4 Å². The molecule has 2 unspecified atom stereocenters. The first kappa shape index (κ1) is 24.7. The molecule has 1 aliphatic rings. The van der Waals surface area contributed by atoms with Crippen molar-refractivity contribution in [1.29, 1.82) is 0 Å². The van der Waals surface area contributed by atoms with E-state index in [2.05, 4.69) is 5.32 Å². The van der Waals surface area contributed by atoms with E-state index in [1.54, 1.807) is 11.8 Å². The zero-order valence-electron chi connectivity index (χ0n) is 18.7. The highest BCUT2D eigenvalue weighted by molar-refractivity contribution is 5.85. The van der Waals surface area contributed by atoms with Gasteiger partial charge in [0.15, 0.2) is 0 Å². The molecule has 1 heterocycles. The van der Waals surface area contributed by atoms with Crippen LogP contribution in [0.4, 0.5) is 4.79 Å². The smallest absolute Gasteiger partial charge is 0.410 e. The van der Waals surface area contributed by atoms with Gasteiger partial charge in [0.2, 0.25) is 5.91 Å². The molecule has 1 fully saturated rings. The standard InChI is InChI=1S/C23H34N2O6/c1-4-29-21(26)14-24-22(27)20(13-17(2)3)30-16-19-11-8-12-25(19)23(28)31-15-18-9-6-5-7-10-18/h5-7,9-10,17,19-20H,4,8,11-16H2,1-3H3,(H,24,27). The monoisotopic (exact) mass is 434 g/mol. The maximum absolute atomic E-state index is 12.5. The molecule has 0 saturated carbocycles. The Morgan fingerprint density at radius 2 is 1.90 bits per heavy atom. The molecule has 8 heteroatoms. The summed E-state index contributed by atoms with van der Waals surface area (Å²) in [7, 11) is 0. The number of nitrogens with zero attached hydrogens (tertiary/aromatic N) is 1. The second-order valence-corrected chi connectivity index (χ2v) is 8.00. The summed E-state index contributed by atoms with van der Waals surface area (Å²) in [4.78, 5) is 38.2. The van der Waals surface area contributed by atoms with Crippen molar-refractivity contribution >= 4 is 18.0 Å². The van der Waals surface area contributed by atoms with Crippen LogP contribution in [0.15, 0.2) is 30.3 Å². The van der Waals surface area contributed by atoms with Gasteiger partial charge in [0.05, 0.1) is 19.3 Å². The van der Waals surface area contributed by atoms with Crippen LogP contribution in [-0.2, 0) is 30.4 Å². The van der Waals surface area contributed by atoms with E-state index in [1.165, 1.54) is 0 Å². The van der Waals surface area contributed by atoms with E-state index in [9.17, 15) is 14.4 Å². The second-order valence-electron chi connectivity index (χ2n) is 8.00. The van der Waals surface area contributed by atoms with Gasteiger partial charge in [-0.1, -0.05) is 44.2 Å². The molecule has 0 aromatic heterocycles. The van der Waals surface area contributed by atoms with Crippen molar-refractivity contribution in [1.82, 2.24) is 10.2 Å². The van der Waals surface area contributed by atoms with Gasteiger partial charge in [-0.2, -0.15) is 0 Å². The van der Waals surface area contributed by atoms with Crippen LogP contribution in [0, 0.1) is 5.92 Å². The lowest BCUT2D eigenvalue weighted by atomic mass is 10.1. The van der Waals surface area contributed by atoms with E-state index in [0.29, 0.717) is 13.0 Å². The van der Waals surface area contributed by atoms with Crippen LogP contribution in [0.2, 0.25) is 0 Å². The van der Waals surface area contributed by atoms with E-state index >= 15 is 0 Å². The lowest BCUT2D eigenvalue weighted by molar-refractivity contribution is -0.145. The normalized spacial score (nSPS) is 16.8. The summed E-state index contributed by atoms with van der Waals surface area (Å²) < 4.78 is 16.2. The topological polar surface area (TPSA) is 94.2 Å². The summed E-state index contributed by atoms with van der Waals surface area (Å²) in [6.45, 7) is 6.84. The molecule has 0 spiro atoms. The molecular formula is C23H34N2O6. The van der Waals surface area contributed by atoms with Gasteiger partial charge in [0.1, 0.15) is 19.3 Å². The molecule has 0 aliphatic carbocycles. The first-order valence-corrected chi connectivity index (χ1v) is 10.9. The third-order valence-corrected chi connectivity index (χ3v) is 5.00. The van der Waals surface area contributed by atoms with Crippen molar-refractivity contribution in [2.75, 3.05) is 26.3 Å². The molecule has 2 rings (SSSR count). The van der Waals surface area contributed by atoms with Crippen molar-refractivity contribution in [3.8, 4) is 0 Å². The summed E-state index contributed by atoms with van der Waals surface area (Å²) in [6, 6.07) is 9.38. The van der Waals surface area contributed by atoms with Crippen LogP contribution >= 0.6 is 0 Å². The van der Waals surface area contributed by atoms with Crippen LogP contribution in [0.3, 0.4) is 0 Å². The number of amides is 2. The predicted octanol–water partition coefficient (Wildman–Crippen LogP) is 2.90. The Morgan fingerprint density at radius 1 is 1.16 bits per heavy atom. The lowest BCUT2D eigenvalue weighted by Gasteiger charge is -2.26. The molecule has 1 aromatic rings. The van der Waals surface area contributed by atoms with Crippen molar-refractivity contribution in [3.05, 3.63) is 35.9 Å². The number of nitrogens with one attached hydrogen (secondary N) is 1. The number of likely N-dealkylation sites (tertiary alicyclic amines) is 1. The first-order valence-electron chi connectivity index (χ1n) is 10.9. The Balaban J connectivity index is 1.86. The van der Waals surface area contributed by atoms with E-state index in [1.807, 2.05) is 44.2 Å². The molecule has 172 valence electrons. The largest absolute Gasteiger partial charge is 0.465 e. The number of esters is 1. The minimum atomic E-state index is -0.697. The highest BCUT2D eigenvalue weighted by Gasteiger charge is 2.32. The maximum Gasteiger partial charge on any atom is 0.410 e. The molecule has 1 aliphatic heterocycles. The number of hydrogen-bond donors (Lipinski definition) is 1. The molecule has 1 N–H and O–H groups in total. The van der Waals surface area contributed by atoms with Gasteiger partial charge in [-0.15, -0.1) is 0 Å². The summed E-state index contributed by atoms with van der Waals surface area (Å²) in [5.74, 6) is -0.603. The Bertz CT molecular complexity index is 709. The first-order chi connectivity index (χ1) is 14.9. The fourth-order valence-electron chi connectivity index (χ4n) is 3.44. The maximum atomic E-state index is 12.5. The van der Waals surface area contributed by atoms with Crippen LogP contribution in [0.5, 0.6) is 0 Å². The van der Waals surface area contributed by atoms with Gasteiger partial charge in [-0.25, -0.2) is 4.79 Å². The Hall–Kier alpha value is -2.61. The SMILES string of the molecule is CCOC(=O)CNC(=O)C(CC(C)C)OCC1CCCN1C(=O)OCc1ccccc1. The second kappa shape index (κ2) is 12.9. The highest BCUT2D eigenvalue weighted by Crippen LogP contribution is 2.20. The molecule has 2 amide bonds. The summed E-state index contributed by atoms with van der Waals surface area (Å²) in [5, 5.41) is 2.58. The van der Waals surface area contributed by atoms with Crippen LogP contribution in [0.25, 0.3) is 0 Å². The number of hydrogen-bond acceptors (Lipinski definition) is 6. The number of carbonyl (C=O) groups is 3. The molecule has 0 radical (unpaired) electrons. The molecule has 31 heavy (non-hydrogen) atoms. The van der Waals surface area contributed by atoms with Gasteiger partial charge in [-0.05, 0) is 37.7 Å². The number of carbonyl (C=O) groups excluding carboxylic acids is 3. The highest BCUT2D eigenvalue weighted by atomic mass is 16.6. The van der Waals surface area contributed by atoms with Gasteiger partial charge in [-0.3, -0.25) is 9.59 Å². The Labute approximate surface area is 184 Å². The summed E-state index contributed by atoms with van der Waals surface area (Å²) in [5.41, 5.74) is 0.929. The molecular weight excluding hydrogens is 400 g/mol. The van der Waals surface area contributed by atoms with E-state index in [-0.39, 0.29) is 50.3 Å². The predicted molar refractivity (Wildman–Crippen MR) is 115 cm³/mol. The summed E-state index contributed by atoms with van der Waals surface area (Å²) >= 11 is 0. The fourth-order valence-corrected chi connectivity index (χ4v) is 3.44. The zero-order valence-corrected chi connectivity index (χ0v) is 18.7. The minimum absolute atomic E-state index is 0.143. The fraction of sp³-hybridized carbons (Fsp3) is 0.609. The van der Waals surface area contributed by atoms with Gasteiger partial charge in [0, 0.05) is 6.54 Å². The van der Waals surface area contributed by atoms with E-state index in [0.717, 1.165) is 18.4 Å². The Kier molecular flexibility index (Phi) is 10.3. The van der Waals surface area contributed by atoms with Crippen molar-refractivity contribution in [3.63, 3.8) is 0 Å². The number of rotatable bonds is 11. The quantitative estimate of drug-likeness (QED) is 0.538. The number of ether oxygens (including phenoxy) is 3.